The van der Waals surface area contributed by atoms with E-state index in [1.54, 1.807) is 0 Å². The highest BCUT2D eigenvalue weighted by Crippen LogP contribution is 2.28. The molecule has 0 aliphatic heterocycles. The number of hydrogen-bond donors (Lipinski definition) is 1. The quantitative estimate of drug-likeness (QED) is 0.818. The van der Waals surface area contributed by atoms with Gasteiger partial charge in [0.1, 0.15) is 5.82 Å². The molecule has 0 aromatic carbocycles. The Morgan fingerprint density at radius 1 is 1.47 bits per heavy atom. The van der Waals surface area contributed by atoms with Gasteiger partial charge in [0.25, 0.3) is 0 Å². The van der Waals surface area contributed by atoms with Crippen LogP contribution in [0.4, 0.5) is 11.5 Å². The fourth-order valence-corrected chi connectivity index (χ4v) is 2.17. The lowest BCUT2D eigenvalue weighted by atomic mass is 9.85. The van der Waals surface area contributed by atoms with Gasteiger partial charge in [-0.1, -0.05) is 13.3 Å². The average molecular weight is 233 g/mol. The van der Waals surface area contributed by atoms with E-state index < -0.39 is 0 Å². The van der Waals surface area contributed by atoms with E-state index in [1.165, 1.54) is 31.5 Å². The summed E-state index contributed by atoms with van der Waals surface area (Å²) in [5.74, 6) is 1.89. The minimum Gasteiger partial charge on any atom is -0.374 e. The summed E-state index contributed by atoms with van der Waals surface area (Å²) in [6.45, 7) is 4.33. The maximum absolute atomic E-state index is 4.33. The molecule has 1 aromatic rings. The van der Waals surface area contributed by atoms with E-state index in [1.807, 2.05) is 6.20 Å². The Kier molecular flexibility index (Phi) is 4.24. The molecule has 0 spiro atoms. The van der Waals surface area contributed by atoms with Gasteiger partial charge in [0.05, 0.1) is 0 Å². The molecule has 94 valence electrons. The van der Waals surface area contributed by atoms with Gasteiger partial charge in [0.2, 0.25) is 0 Å². The molecule has 0 atom stereocenters. The normalized spacial score (nSPS) is 15.4. The van der Waals surface area contributed by atoms with E-state index >= 15 is 0 Å². The van der Waals surface area contributed by atoms with Crippen LogP contribution in [0.3, 0.4) is 0 Å². The van der Waals surface area contributed by atoms with Crippen molar-refractivity contribution in [2.24, 2.45) is 5.92 Å². The molecule has 0 amide bonds. The molecule has 0 radical (unpaired) electrons. The Balaban J connectivity index is 1.93. The van der Waals surface area contributed by atoms with Gasteiger partial charge in [0.15, 0.2) is 0 Å². The Hall–Kier alpha value is -1.25. The first-order chi connectivity index (χ1) is 8.29. The Bertz CT molecular complexity index is 347. The molecule has 1 aliphatic rings. The molecular formula is C14H23N3. The summed E-state index contributed by atoms with van der Waals surface area (Å²) in [7, 11) is 2.18. The molecule has 1 N–H and O–H groups in total. The van der Waals surface area contributed by atoms with Crippen molar-refractivity contribution in [3.63, 3.8) is 0 Å². The highest BCUT2D eigenvalue weighted by Gasteiger charge is 2.19. The van der Waals surface area contributed by atoms with Gasteiger partial charge in [-0.25, -0.2) is 4.98 Å². The minimum atomic E-state index is 0.903. The van der Waals surface area contributed by atoms with E-state index in [-0.39, 0.29) is 0 Å². The number of hydrogen-bond acceptors (Lipinski definition) is 3. The van der Waals surface area contributed by atoms with Crippen LogP contribution in [0.15, 0.2) is 18.3 Å². The van der Waals surface area contributed by atoms with Crippen molar-refractivity contribution in [2.75, 3.05) is 30.4 Å². The van der Waals surface area contributed by atoms with Crippen molar-refractivity contribution in [3.8, 4) is 0 Å². The van der Waals surface area contributed by atoms with Crippen LogP contribution in [0.1, 0.15) is 32.6 Å². The third-order valence-electron chi connectivity index (χ3n) is 3.50. The van der Waals surface area contributed by atoms with Crippen LogP contribution in [-0.2, 0) is 0 Å². The minimum absolute atomic E-state index is 0.903. The first-order valence-corrected chi connectivity index (χ1v) is 6.70. The van der Waals surface area contributed by atoms with E-state index in [2.05, 4.69) is 41.3 Å². The Labute approximate surface area is 104 Å². The molecule has 1 aliphatic carbocycles. The molecular weight excluding hydrogens is 210 g/mol. The first kappa shape index (κ1) is 12.2. The molecule has 3 heteroatoms. The lowest BCUT2D eigenvalue weighted by Gasteiger charge is -2.31. The highest BCUT2D eigenvalue weighted by atomic mass is 15.1. The number of pyridine rings is 1. The number of rotatable bonds is 6. The fraction of sp³-hybridized carbons (Fsp3) is 0.643. The van der Waals surface area contributed by atoms with Crippen LogP contribution >= 0.6 is 0 Å². The van der Waals surface area contributed by atoms with Crippen molar-refractivity contribution in [3.05, 3.63) is 18.3 Å². The number of anilines is 2. The van der Waals surface area contributed by atoms with Gasteiger partial charge in [0, 0.05) is 38.1 Å². The monoisotopic (exact) mass is 233 g/mol. The van der Waals surface area contributed by atoms with Gasteiger partial charge in [-0.2, -0.15) is 0 Å². The third-order valence-corrected chi connectivity index (χ3v) is 3.50. The van der Waals surface area contributed by atoms with Crippen molar-refractivity contribution in [1.82, 2.24) is 4.98 Å². The van der Waals surface area contributed by atoms with E-state index in [4.69, 9.17) is 0 Å². The first-order valence-electron chi connectivity index (χ1n) is 6.70. The summed E-state index contributed by atoms with van der Waals surface area (Å²) in [6, 6.07) is 4.24. The van der Waals surface area contributed by atoms with Gasteiger partial charge in [-0.3, -0.25) is 0 Å². The van der Waals surface area contributed by atoms with Crippen molar-refractivity contribution in [2.45, 2.75) is 32.6 Å². The van der Waals surface area contributed by atoms with Crippen LogP contribution in [-0.4, -0.2) is 25.1 Å². The molecule has 3 nitrogen and oxygen atoms in total. The van der Waals surface area contributed by atoms with Gasteiger partial charge >= 0.3 is 0 Å². The number of aromatic nitrogens is 1. The predicted octanol–water partition coefficient (Wildman–Crippen LogP) is 3.14. The second-order valence-corrected chi connectivity index (χ2v) is 5.00. The summed E-state index contributed by atoms with van der Waals surface area (Å²) >= 11 is 0. The standard InChI is InChI=1S/C14H23N3/c1-3-8-15-14-10-13(7-9-16-14)17(2)11-12-5-4-6-12/h7,9-10,12H,3-6,8,11H2,1-2H3,(H,15,16). The summed E-state index contributed by atoms with van der Waals surface area (Å²) in [6.07, 6.45) is 7.24. The summed E-state index contributed by atoms with van der Waals surface area (Å²) in [5, 5.41) is 3.33. The average Bonchev–Trinajstić information content (AvgIpc) is 2.31. The third kappa shape index (κ3) is 3.35. The second-order valence-electron chi connectivity index (χ2n) is 5.00. The molecule has 1 fully saturated rings. The summed E-state index contributed by atoms with van der Waals surface area (Å²) in [5.41, 5.74) is 1.27. The molecule has 0 saturated heterocycles. The number of nitrogens with one attached hydrogen (secondary N) is 1. The van der Waals surface area contributed by atoms with Crippen molar-refractivity contribution < 1.29 is 0 Å². The second kappa shape index (κ2) is 5.89. The van der Waals surface area contributed by atoms with Gasteiger partial charge < -0.3 is 10.2 Å². The van der Waals surface area contributed by atoms with Crippen LogP contribution < -0.4 is 10.2 Å². The van der Waals surface area contributed by atoms with Gasteiger partial charge in [-0.15, -0.1) is 0 Å². The molecule has 1 saturated carbocycles. The van der Waals surface area contributed by atoms with Crippen LogP contribution in [0.5, 0.6) is 0 Å². The molecule has 0 bridgehead atoms. The van der Waals surface area contributed by atoms with E-state index in [0.29, 0.717) is 0 Å². The molecule has 0 unspecified atom stereocenters. The van der Waals surface area contributed by atoms with Crippen LogP contribution in [0.2, 0.25) is 0 Å². The Morgan fingerprint density at radius 3 is 2.94 bits per heavy atom. The lowest BCUT2D eigenvalue weighted by molar-refractivity contribution is 0.321. The summed E-state index contributed by atoms with van der Waals surface area (Å²) < 4.78 is 0. The van der Waals surface area contributed by atoms with Crippen molar-refractivity contribution in [1.29, 1.82) is 0 Å². The molecule has 1 heterocycles. The van der Waals surface area contributed by atoms with E-state index in [9.17, 15) is 0 Å². The molecule has 1 aromatic heterocycles. The van der Waals surface area contributed by atoms with Gasteiger partial charge in [-0.05, 0) is 31.2 Å². The zero-order chi connectivity index (χ0) is 12.1. The summed E-state index contributed by atoms with van der Waals surface area (Å²) in [4.78, 5) is 6.68. The smallest absolute Gasteiger partial charge is 0.127 e. The Morgan fingerprint density at radius 2 is 2.29 bits per heavy atom. The largest absolute Gasteiger partial charge is 0.374 e. The fourth-order valence-electron chi connectivity index (χ4n) is 2.17. The SMILES string of the molecule is CCCNc1cc(N(C)CC2CCC2)ccn1. The highest BCUT2D eigenvalue weighted by molar-refractivity contribution is 5.53. The lowest BCUT2D eigenvalue weighted by Crippen LogP contribution is -2.29. The molecule has 17 heavy (non-hydrogen) atoms. The zero-order valence-electron chi connectivity index (χ0n) is 10.9. The van der Waals surface area contributed by atoms with E-state index in [0.717, 1.165) is 24.7 Å². The van der Waals surface area contributed by atoms with Crippen molar-refractivity contribution >= 4 is 11.5 Å². The maximum atomic E-state index is 4.33. The topological polar surface area (TPSA) is 28.2 Å². The predicted molar refractivity (Wildman–Crippen MR) is 73.6 cm³/mol. The number of nitrogens with zero attached hydrogens (tertiary/aromatic N) is 2. The zero-order valence-corrected chi connectivity index (χ0v) is 10.9. The maximum Gasteiger partial charge on any atom is 0.127 e. The van der Waals surface area contributed by atoms with Crippen LogP contribution in [0.25, 0.3) is 0 Å². The van der Waals surface area contributed by atoms with Crippen LogP contribution in [0, 0.1) is 5.92 Å². The molecule has 2 rings (SSSR count).